The van der Waals surface area contributed by atoms with Crippen molar-refractivity contribution < 1.29 is 26.8 Å². The third kappa shape index (κ3) is 4.04. The molecule has 23 heavy (non-hydrogen) atoms. The number of rotatable bonds is 3. The van der Waals surface area contributed by atoms with Gasteiger partial charge in [-0.05, 0) is 18.2 Å². The van der Waals surface area contributed by atoms with E-state index in [1.165, 1.54) is 11.8 Å². The minimum Gasteiger partial charge on any atom is -0.339 e. The van der Waals surface area contributed by atoms with Gasteiger partial charge in [-0.25, -0.2) is 17.2 Å². The Balaban J connectivity index is 2.08. The Labute approximate surface area is 132 Å². The fourth-order valence-corrected chi connectivity index (χ4v) is 3.64. The molecule has 2 rings (SSSR count). The van der Waals surface area contributed by atoms with Gasteiger partial charge in [0, 0.05) is 33.1 Å². The summed E-state index contributed by atoms with van der Waals surface area (Å²) in [6.45, 7) is 2.46. The number of benzene rings is 1. The Morgan fingerprint density at radius 3 is 2.22 bits per heavy atom. The molecule has 0 spiro atoms. The molecule has 126 valence electrons. The van der Waals surface area contributed by atoms with E-state index in [1.54, 1.807) is 4.90 Å². The van der Waals surface area contributed by atoms with Crippen molar-refractivity contribution in [3.63, 3.8) is 0 Å². The molecule has 0 N–H and O–H groups in total. The van der Waals surface area contributed by atoms with Crippen LogP contribution in [-0.2, 0) is 19.4 Å². The molecule has 1 saturated heterocycles. The molecule has 1 aliphatic heterocycles. The number of sulfone groups is 1. The highest BCUT2D eigenvalue weighted by Gasteiger charge is 2.28. The van der Waals surface area contributed by atoms with Gasteiger partial charge in [-0.3, -0.25) is 9.59 Å². The van der Waals surface area contributed by atoms with Gasteiger partial charge >= 0.3 is 0 Å². The summed E-state index contributed by atoms with van der Waals surface area (Å²) in [5.41, 5.74) is 0. The topological polar surface area (TPSA) is 74.8 Å². The van der Waals surface area contributed by atoms with Gasteiger partial charge in [0.25, 0.3) is 0 Å². The standard InChI is InChI=1S/C14H16F2N2O4S/c1-10(19)17-4-6-18(7-5-17)14(20)9-23(21,22)13-8-11(15)2-3-12(13)16/h2-3,8H,4-7,9H2,1H3. The van der Waals surface area contributed by atoms with Crippen LogP contribution < -0.4 is 0 Å². The first kappa shape index (κ1) is 17.3. The van der Waals surface area contributed by atoms with Crippen molar-refractivity contribution in [3.05, 3.63) is 29.8 Å². The zero-order valence-corrected chi connectivity index (χ0v) is 13.3. The van der Waals surface area contributed by atoms with Crippen LogP contribution in [0.5, 0.6) is 0 Å². The number of piperazine rings is 1. The van der Waals surface area contributed by atoms with Crippen LogP contribution in [0.15, 0.2) is 23.1 Å². The highest BCUT2D eigenvalue weighted by molar-refractivity contribution is 7.92. The Morgan fingerprint density at radius 1 is 1.09 bits per heavy atom. The Bertz CT molecular complexity index is 728. The molecule has 0 saturated carbocycles. The van der Waals surface area contributed by atoms with Gasteiger partial charge in [0.2, 0.25) is 11.8 Å². The third-order valence-electron chi connectivity index (χ3n) is 3.62. The molecule has 0 aromatic heterocycles. The maximum absolute atomic E-state index is 13.6. The number of nitrogens with zero attached hydrogens (tertiary/aromatic N) is 2. The number of hydrogen-bond acceptors (Lipinski definition) is 4. The first-order valence-electron chi connectivity index (χ1n) is 6.92. The smallest absolute Gasteiger partial charge is 0.238 e. The molecule has 1 aromatic carbocycles. The summed E-state index contributed by atoms with van der Waals surface area (Å²) >= 11 is 0. The van der Waals surface area contributed by atoms with Crippen LogP contribution in [0.1, 0.15) is 6.92 Å². The van der Waals surface area contributed by atoms with Crippen LogP contribution in [0.3, 0.4) is 0 Å². The molecule has 0 unspecified atom stereocenters. The van der Waals surface area contributed by atoms with Crippen LogP contribution in [0, 0.1) is 11.6 Å². The van der Waals surface area contributed by atoms with E-state index < -0.39 is 38.0 Å². The molecule has 1 fully saturated rings. The predicted octanol–water partition coefficient (Wildman–Crippen LogP) is 0.429. The molecular weight excluding hydrogens is 330 g/mol. The molecule has 0 atom stereocenters. The molecule has 9 heteroatoms. The zero-order chi connectivity index (χ0) is 17.2. The first-order chi connectivity index (χ1) is 10.7. The van der Waals surface area contributed by atoms with E-state index in [0.717, 1.165) is 6.07 Å². The summed E-state index contributed by atoms with van der Waals surface area (Å²) in [6.07, 6.45) is 0. The van der Waals surface area contributed by atoms with Crippen molar-refractivity contribution in [2.24, 2.45) is 0 Å². The second kappa shape index (κ2) is 6.61. The summed E-state index contributed by atoms with van der Waals surface area (Å²) in [6, 6.07) is 2.07. The van der Waals surface area contributed by atoms with E-state index in [9.17, 15) is 26.8 Å². The van der Waals surface area contributed by atoms with Crippen LogP contribution in [0.4, 0.5) is 8.78 Å². The van der Waals surface area contributed by atoms with Crippen molar-refractivity contribution in [3.8, 4) is 0 Å². The van der Waals surface area contributed by atoms with E-state index in [1.807, 2.05) is 0 Å². The van der Waals surface area contributed by atoms with E-state index in [4.69, 9.17) is 0 Å². The van der Waals surface area contributed by atoms with Gasteiger partial charge in [0.05, 0.1) is 0 Å². The second-order valence-electron chi connectivity index (χ2n) is 5.22. The Kier molecular flexibility index (Phi) is 4.98. The second-order valence-corrected chi connectivity index (χ2v) is 7.18. The third-order valence-corrected chi connectivity index (χ3v) is 5.23. The average Bonchev–Trinajstić information content (AvgIpc) is 2.49. The van der Waals surface area contributed by atoms with Gasteiger partial charge in [-0.1, -0.05) is 0 Å². The average molecular weight is 346 g/mol. The number of amides is 2. The molecule has 0 bridgehead atoms. The van der Waals surface area contributed by atoms with Gasteiger partial charge in [0.1, 0.15) is 22.3 Å². The van der Waals surface area contributed by atoms with Crippen molar-refractivity contribution in [2.75, 3.05) is 31.9 Å². The monoisotopic (exact) mass is 346 g/mol. The van der Waals surface area contributed by atoms with Crippen molar-refractivity contribution >= 4 is 21.7 Å². The van der Waals surface area contributed by atoms with Crippen LogP contribution >= 0.6 is 0 Å². The van der Waals surface area contributed by atoms with Crippen molar-refractivity contribution in [1.82, 2.24) is 9.80 Å². The fraction of sp³-hybridized carbons (Fsp3) is 0.429. The lowest BCUT2D eigenvalue weighted by Gasteiger charge is -2.34. The summed E-state index contributed by atoms with van der Waals surface area (Å²) in [7, 11) is -4.28. The molecule has 2 amide bonds. The largest absolute Gasteiger partial charge is 0.339 e. The number of carbonyl (C=O) groups is 2. The number of halogens is 2. The summed E-state index contributed by atoms with van der Waals surface area (Å²) in [5.74, 6) is -3.75. The predicted molar refractivity (Wildman–Crippen MR) is 77.2 cm³/mol. The van der Waals surface area contributed by atoms with Crippen molar-refractivity contribution in [2.45, 2.75) is 11.8 Å². The molecule has 6 nitrogen and oxygen atoms in total. The lowest BCUT2D eigenvalue weighted by Crippen LogP contribution is -2.51. The molecule has 0 aliphatic carbocycles. The quantitative estimate of drug-likeness (QED) is 0.795. The lowest BCUT2D eigenvalue weighted by molar-refractivity contribution is -0.136. The van der Waals surface area contributed by atoms with Crippen LogP contribution in [0.2, 0.25) is 0 Å². The highest BCUT2D eigenvalue weighted by atomic mass is 32.2. The molecule has 1 aromatic rings. The van der Waals surface area contributed by atoms with Crippen LogP contribution in [0.25, 0.3) is 0 Å². The van der Waals surface area contributed by atoms with Gasteiger partial charge in [0.15, 0.2) is 9.84 Å². The maximum Gasteiger partial charge on any atom is 0.238 e. The van der Waals surface area contributed by atoms with E-state index in [-0.39, 0.29) is 19.0 Å². The van der Waals surface area contributed by atoms with Crippen molar-refractivity contribution in [1.29, 1.82) is 0 Å². The SMILES string of the molecule is CC(=O)N1CCN(C(=O)CS(=O)(=O)c2cc(F)ccc2F)CC1. The van der Waals surface area contributed by atoms with Crippen LogP contribution in [-0.4, -0.2) is 62.0 Å². The summed E-state index contributed by atoms with van der Waals surface area (Å²) in [4.78, 5) is 25.3. The minimum atomic E-state index is -4.28. The zero-order valence-electron chi connectivity index (χ0n) is 12.5. The maximum atomic E-state index is 13.6. The van der Waals surface area contributed by atoms with E-state index in [2.05, 4.69) is 0 Å². The lowest BCUT2D eigenvalue weighted by atomic mass is 10.3. The summed E-state index contributed by atoms with van der Waals surface area (Å²) < 4.78 is 50.9. The van der Waals surface area contributed by atoms with Gasteiger partial charge in [-0.15, -0.1) is 0 Å². The van der Waals surface area contributed by atoms with Gasteiger partial charge < -0.3 is 9.80 Å². The minimum absolute atomic E-state index is 0.119. The number of hydrogen-bond donors (Lipinski definition) is 0. The summed E-state index contributed by atoms with van der Waals surface area (Å²) in [5, 5.41) is 0. The fourth-order valence-electron chi connectivity index (χ4n) is 2.32. The Morgan fingerprint density at radius 2 is 1.65 bits per heavy atom. The molecular formula is C14H16F2N2O4S. The first-order valence-corrected chi connectivity index (χ1v) is 8.57. The molecule has 0 radical (unpaired) electrons. The Hall–Kier alpha value is -2.03. The molecule has 1 heterocycles. The highest BCUT2D eigenvalue weighted by Crippen LogP contribution is 2.18. The molecule has 1 aliphatic rings. The van der Waals surface area contributed by atoms with Gasteiger partial charge in [-0.2, -0.15) is 0 Å². The number of carbonyl (C=O) groups excluding carboxylic acids is 2. The van der Waals surface area contributed by atoms with E-state index >= 15 is 0 Å². The van der Waals surface area contributed by atoms with E-state index in [0.29, 0.717) is 25.2 Å². The normalized spacial score (nSPS) is 15.6.